The second-order valence-electron chi connectivity index (χ2n) is 4.86. The third-order valence-electron chi connectivity index (χ3n) is 3.50. The highest BCUT2D eigenvalue weighted by atomic mass is 16.5. The highest BCUT2D eigenvalue weighted by Crippen LogP contribution is 2.27. The summed E-state index contributed by atoms with van der Waals surface area (Å²) >= 11 is 0. The lowest BCUT2D eigenvalue weighted by Gasteiger charge is -2.09. The molecule has 0 aliphatic carbocycles. The van der Waals surface area contributed by atoms with Crippen LogP contribution in [0.1, 0.15) is 11.1 Å². The molecule has 0 atom stereocenters. The Labute approximate surface area is 128 Å². The van der Waals surface area contributed by atoms with E-state index in [4.69, 9.17) is 4.74 Å². The zero-order valence-corrected chi connectivity index (χ0v) is 12.2. The predicted molar refractivity (Wildman–Crippen MR) is 88.1 cm³/mol. The van der Waals surface area contributed by atoms with E-state index in [0.717, 1.165) is 21.9 Å². The maximum absolute atomic E-state index is 12.3. The van der Waals surface area contributed by atoms with E-state index in [0.29, 0.717) is 5.57 Å². The van der Waals surface area contributed by atoms with Crippen molar-refractivity contribution in [1.29, 1.82) is 0 Å². The van der Waals surface area contributed by atoms with Crippen LogP contribution >= 0.6 is 0 Å². The quantitative estimate of drug-likeness (QED) is 0.541. The minimum atomic E-state index is -0.354. The normalized spacial score (nSPS) is 11.4. The fourth-order valence-corrected chi connectivity index (χ4v) is 2.44. The summed E-state index contributed by atoms with van der Waals surface area (Å²) in [4.78, 5) is 16.2. The maximum atomic E-state index is 12.3. The molecule has 22 heavy (non-hydrogen) atoms. The summed E-state index contributed by atoms with van der Waals surface area (Å²) in [5.41, 5.74) is 2.30. The Hall–Kier alpha value is -2.94. The van der Waals surface area contributed by atoms with E-state index in [-0.39, 0.29) is 5.97 Å². The number of nitrogens with zero attached hydrogens (tertiary/aromatic N) is 1. The molecule has 0 N–H and O–H groups in total. The number of carbonyl (C=O) groups is 1. The fourth-order valence-electron chi connectivity index (χ4n) is 2.44. The molecule has 0 spiro atoms. The van der Waals surface area contributed by atoms with Crippen LogP contribution in [0.15, 0.2) is 67.0 Å². The average molecular weight is 289 g/mol. The topological polar surface area (TPSA) is 39.2 Å². The van der Waals surface area contributed by atoms with Crippen molar-refractivity contribution in [2.24, 2.45) is 0 Å². The van der Waals surface area contributed by atoms with Crippen LogP contribution in [-0.4, -0.2) is 18.1 Å². The third kappa shape index (κ3) is 2.74. The van der Waals surface area contributed by atoms with Gasteiger partial charge in [-0.1, -0.05) is 42.5 Å². The molecule has 0 aliphatic rings. The number of methoxy groups -OCH3 is 1. The van der Waals surface area contributed by atoms with Crippen molar-refractivity contribution in [3.05, 3.63) is 78.1 Å². The number of aromatic nitrogens is 1. The molecular formula is C19H15NO2. The first-order chi connectivity index (χ1) is 10.8. The fraction of sp³-hybridized carbons (Fsp3) is 0.0526. The molecule has 0 saturated heterocycles. The molecule has 0 bridgehead atoms. The maximum Gasteiger partial charge on any atom is 0.338 e. The van der Waals surface area contributed by atoms with Crippen molar-refractivity contribution in [3.63, 3.8) is 0 Å². The average Bonchev–Trinajstić information content (AvgIpc) is 2.59. The van der Waals surface area contributed by atoms with Gasteiger partial charge in [-0.3, -0.25) is 4.98 Å². The van der Waals surface area contributed by atoms with Gasteiger partial charge in [0.05, 0.1) is 12.7 Å². The van der Waals surface area contributed by atoms with Crippen LogP contribution in [0.3, 0.4) is 0 Å². The number of esters is 1. The molecule has 0 aliphatic heterocycles. The van der Waals surface area contributed by atoms with Crippen molar-refractivity contribution in [2.75, 3.05) is 7.11 Å². The second kappa shape index (κ2) is 6.22. The van der Waals surface area contributed by atoms with Gasteiger partial charge in [-0.05, 0) is 40.1 Å². The number of benzene rings is 2. The van der Waals surface area contributed by atoms with Gasteiger partial charge in [-0.25, -0.2) is 4.79 Å². The van der Waals surface area contributed by atoms with Crippen LogP contribution in [0.25, 0.3) is 22.4 Å². The number of carbonyl (C=O) groups excluding carboxylic acids is 1. The van der Waals surface area contributed by atoms with E-state index in [1.165, 1.54) is 7.11 Å². The zero-order chi connectivity index (χ0) is 15.4. The summed E-state index contributed by atoms with van der Waals surface area (Å²) in [6.07, 6.45) is 5.23. The van der Waals surface area contributed by atoms with Crippen LogP contribution in [0, 0.1) is 0 Å². The molecule has 0 radical (unpaired) electrons. The standard InChI is InChI=1S/C19H15NO2/c1-22-19(21)18(13-14-9-11-20-12-10-14)17-8-4-6-15-5-2-3-7-16(15)17/h2-13H,1H3. The minimum absolute atomic E-state index is 0.354. The summed E-state index contributed by atoms with van der Waals surface area (Å²) < 4.78 is 4.97. The Kier molecular flexibility index (Phi) is 3.97. The van der Waals surface area contributed by atoms with Crippen molar-refractivity contribution >= 4 is 28.4 Å². The van der Waals surface area contributed by atoms with Gasteiger partial charge < -0.3 is 4.74 Å². The first-order valence-corrected chi connectivity index (χ1v) is 6.98. The summed E-state index contributed by atoms with van der Waals surface area (Å²) in [5.74, 6) is -0.354. The van der Waals surface area contributed by atoms with Gasteiger partial charge in [0.15, 0.2) is 0 Å². The molecule has 1 heterocycles. The largest absolute Gasteiger partial charge is 0.465 e. The molecule has 2 aromatic carbocycles. The van der Waals surface area contributed by atoms with Crippen molar-refractivity contribution in [2.45, 2.75) is 0 Å². The van der Waals surface area contributed by atoms with Crippen LogP contribution < -0.4 is 0 Å². The monoisotopic (exact) mass is 289 g/mol. The Morgan fingerprint density at radius 1 is 1.00 bits per heavy atom. The lowest BCUT2D eigenvalue weighted by Crippen LogP contribution is -2.04. The number of pyridine rings is 1. The van der Waals surface area contributed by atoms with Gasteiger partial charge in [0.1, 0.15) is 0 Å². The minimum Gasteiger partial charge on any atom is -0.465 e. The molecule has 0 unspecified atom stereocenters. The van der Waals surface area contributed by atoms with E-state index >= 15 is 0 Å². The molecule has 3 heteroatoms. The molecule has 108 valence electrons. The Morgan fingerprint density at radius 3 is 2.50 bits per heavy atom. The summed E-state index contributed by atoms with van der Waals surface area (Å²) in [6, 6.07) is 17.6. The highest BCUT2D eigenvalue weighted by Gasteiger charge is 2.15. The summed E-state index contributed by atoms with van der Waals surface area (Å²) in [6.45, 7) is 0. The number of ether oxygens (including phenoxy) is 1. The van der Waals surface area contributed by atoms with Gasteiger partial charge in [0, 0.05) is 12.4 Å². The van der Waals surface area contributed by atoms with Crippen LogP contribution in [0.4, 0.5) is 0 Å². The third-order valence-corrected chi connectivity index (χ3v) is 3.50. The molecule has 3 rings (SSSR count). The number of hydrogen-bond acceptors (Lipinski definition) is 3. The molecule has 1 aromatic heterocycles. The molecule has 3 nitrogen and oxygen atoms in total. The number of fused-ring (bicyclic) bond motifs is 1. The lowest BCUT2D eigenvalue weighted by molar-refractivity contribution is -0.133. The second-order valence-corrected chi connectivity index (χ2v) is 4.86. The van der Waals surface area contributed by atoms with Crippen molar-refractivity contribution < 1.29 is 9.53 Å². The molecule has 0 fully saturated rings. The van der Waals surface area contributed by atoms with Gasteiger partial charge in [-0.15, -0.1) is 0 Å². The van der Waals surface area contributed by atoms with Gasteiger partial charge in [0.25, 0.3) is 0 Å². The Morgan fingerprint density at radius 2 is 1.73 bits per heavy atom. The van der Waals surface area contributed by atoms with E-state index in [2.05, 4.69) is 4.98 Å². The number of hydrogen-bond donors (Lipinski definition) is 0. The molecular weight excluding hydrogens is 274 g/mol. The smallest absolute Gasteiger partial charge is 0.338 e. The lowest BCUT2D eigenvalue weighted by atomic mass is 9.97. The van der Waals surface area contributed by atoms with Crippen molar-refractivity contribution in [3.8, 4) is 0 Å². The predicted octanol–water partition coefficient (Wildman–Crippen LogP) is 3.95. The van der Waals surface area contributed by atoms with E-state index in [9.17, 15) is 4.79 Å². The van der Waals surface area contributed by atoms with Crippen LogP contribution in [0.5, 0.6) is 0 Å². The Bertz CT molecular complexity index is 833. The SMILES string of the molecule is COC(=O)C(=Cc1ccncc1)c1cccc2ccccc12. The molecule has 0 amide bonds. The van der Waals surface area contributed by atoms with Gasteiger partial charge in [0.2, 0.25) is 0 Å². The zero-order valence-electron chi connectivity index (χ0n) is 12.2. The van der Waals surface area contributed by atoms with E-state index in [1.54, 1.807) is 12.4 Å². The highest BCUT2D eigenvalue weighted by molar-refractivity contribution is 6.24. The summed E-state index contributed by atoms with van der Waals surface area (Å²) in [7, 11) is 1.40. The van der Waals surface area contributed by atoms with E-state index < -0.39 is 0 Å². The van der Waals surface area contributed by atoms with Gasteiger partial charge in [-0.2, -0.15) is 0 Å². The Balaban J connectivity index is 2.21. The van der Waals surface area contributed by atoms with Gasteiger partial charge >= 0.3 is 5.97 Å². The van der Waals surface area contributed by atoms with Crippen molar-refractivity contribution in [1.82, 2.24) is 4.98 Å². The van der Waals surface area contributed by atoms with E-state index in [1.807, 2.05) is 60.7 Å². The first-order valence-electron chi connectivity index (χ1n) is 6.98. The first kappa shape index (κ1) is 14.0. The molecule has 3 aromatic rings. The number of rotatable bonds is 3. The van der Waals surface area contributed by atoms with Crippen LogP contribution in [0.2, 0.25) is 0 Å². The summed E-state index contributed by atoms with van der Waals surface area (Å²) in [5, 5.41) is 2.11. The van der Waals surface area contributed by atoms with Crippen LogP contribution in [-0.2, 0) is 9.53 Å². The molecule has 0 saturated carbocycles.